The molecule has 0 fully saturated rings. The van der Waals surface area contributed by atoms with Gasteiger partial charge in [0.25, 0.3) is 0 Å². The largest absolute Gasteiger partial charge is 0.329 e. The van der Waals surface area contributed by atoms with E-state index in [-0.39, 0.29) is 11.7 Å². The van der Waals surface area contributed by atoms with Crippen molar-refractivity contribution in [2.75, 3.05) is 0 Å². The lowest BCUT2D eigenvalue weighted by Gasteiger charge is -2.04. The van der Waals surface area contributed by atoms with Gasteiger partial charge in [0.1, 0.15) is 11.5 Å². The van der Waals surface area contributed by atoms with Crippen LogP contribution in [-0.2, 0) is 7.05 Å². The number of ketones is 1. The molecular formula is C9H14N2O. The molecule has 0 saturated carbocycles. The molecule has 66 valence electrons. The van der Waals surface area contributed by atoms with Gasteiger partial charge in [0, 0.05) is 13.0 Å². The van der Waals surface area contributed by atoms with E-state index in [4.69, 9.17) is 0 Å². The minimum absolute atomic E-state index is 0.0415. The van der Waals surface area contributed by atoms with Crippen LogP contribution in [0.15, 0.2) is 6.20 Å². The Morgan fingerprint density at radius 1 is 1.58 bits per heavy atom. The second-order valence-corrected chi connectivity index (χ2v) is 3.27. The van der Waals surface area contributed by atoms with E-state index in [1.165, 1.54) is 0 Å². The Kier molecular flexibility index (Phi) is 2.31. The van der Waals surface area contributed by atoms with Crippen LogP contribution in [0.3, 0.4) is 0 Å². The lowest BCUT2D eigenvalue weighted by molar-refractivity contribution is 0.0931. The number of Topliss-reactive ketones (excluding diaryl/α,β-unsaturated/α-hetero) is 1. The molecule has 1 heterocycles. The minimum atomic E-state index is 0.0415. The summed E-state index contributed by atoms with van der Waals surface area (Å²) in [5, 5.41) is 0. The summed E-state index contributed by atoms with van der Waals surface area (Å²) in [6.45, 7) is 5.67. The van der Waals surface area contributed by atoms with Crippen molar-refractivity contribution < 1.29 is 4.79 Å². The standard InChI is InChI=1S/C9H14N2O/c1-6(2)9(12)8-5-10-7(3)11(8)4/h5-6H,1-4H3. The molecule has 0 radical (unpaired) electrons. The number of hydrogen-bond acceptors (Lipinski definition) is 2. The van der Waals surface area contributed by atoms with Crippen molar-refractivity contribution in [2.45, 2.75) is 20.8 Å². The summed E-state index contributed by atoms with van der Waals surface area (Å²) < 4.78 is 1.82. The average molecular weight is 166 g/mol. The third kappa shape index (κ3) is 1.40. The van der Waals surface area contributed by atoms with Gasteiger partial charge in [-0.15, -0.1) is 0 Å². The topological polar surface area (TPSA) is 34.9 Å². The molecule has 0 aliphatic carbocycles. The molecule has 0 unspecified atom stereocenters. The molecule has 0 aliphatic heterocycles. The average Bonchev–Trinajstić information content (AvgIpc) is 2.32. The van der Waals surface area contributed by atoms with E-state index >= 15 is 0 Å². The van der Waals surface area contributed by atoms with Gasteiger partial charge in [-0.2, -0.15) is 0 Å². The van der Waals surface area contributed by atoms with E-state index in [9.17, 15) is 4.79 Å². The molecule has 12 heavy (non-hydrogen) atoms. The summed E-state index contributed by atoms with van der Waals surface area (Å²) in [5.41, 5.74) is 0.697. The number of hydrogen-bond donors (Lipinski definition) is 0. The van der Waals surface area contributed by atoms with Crippen LogP contribution < -0.4 is 0 Å². The van der Waals surface area contributed by atoms with Crippen LogP contribution in [-0.4, -0.2) is 15.3 Å². The molecule has 0 saturated heterocycles. The Hall–Kier alpha value is -1.12. The van der Waals surface area contributed by atoms with Crippen LogP contribution in [0.25, 0.3) is 0 Å². The SMILES string of the molecule is Cc1ncc(C(=O)C(C)C)n1C. The van der Waals surface area contributed by atoms with Crippen molar-refractivity contribution >= 4 is 5.78 Å². The van der Waals surface area contributed by atoms with Gasteiger partial charge in [0.2, 0.25) is 0 Å². The molecular weight excluding hydrogens is 152 g/mol. The third-order valence-electron chi connectivity index (χ3n) is 2.00. The number of carbonyl (C=O) groups is 1. The molecule has 3 nitrogen and oxygen atoms in total. The minimum Gasteiger partial charge on any atom is -0.329 e. The van der Waals surface area contributed by atoms with E-state index in [0.29, 0.717) is 5.69 Å². The Labute approximate surface area is 72.4 Å². The Morgan fingerprint density at radius 2 is 2.17 bits per heavy atom. The second kappa shape index (κ2) is 3.09. The Bertz CT molecular complexity index is 299. The van der Waals surface area contributed by atoms with E-state index < -0.39 is 0 Å². The maximum Gasteiger partial charge on any atom is 0.183 e. The fourth-order valence-electron chi connectivity index (χ4n) is 1.03. The summed E-state index contributed by atoms with van der Waals surface area (Å²) >= 11 is 0. The first-order valence-electron chi connectivity index (χ1n) is 4.06. The first-order valence-corrected chi connectivity index (χ1v) is 4.06. The third-order valence-corrected chi connectivity index (χ3v) is 2.00. The molecule has 0 spiro atoms. The number of imidazole rings is 1. The van der Waals surface area contributed by atoms with E-state index in [0.717, 1.165) is 5.82 Å². The van der Waals surface area contributed by atoms with Gasteiger partial charge in [0.05, 0.1) is 6.20 Å². The van der Waals surface area contributed by atoms with Crippen molar-refractivity contribution in [2.24, 2.45) is 13.0 Å². The van der Waals surface area contributed by atoms with Crippen molar-refractivity contribution in [3.8, 4) is 0 Å². The predicted octanol–water partition coefficient (Wildman–Crippen LogP) is 1.57. The van der Waals surface area contributed by atoms with Crippen molar-refractivity contribution in [3.05, 3.63) is 17.7 Å². The lowest BCUT2D eigenvalue weighted by Crippen LogP contribution is -2.12. The van der Waals surface area contributed by atoms with Gasteiger partial charge in [-0.05, 0) is 6.92 Å². The van der Waals surface area contributed by atoms with Gasteiger partial charge in [0.15, 0.2) is 5.78 Å². The highest BCUT2D eigenvalue weighted by Crippen LogP contribution is 2.08. The van der Waals surface area contributed by atoms with Crippen molar-refractivity contribution in [1.29, 1.82) is 0 Å². The second-order valence-electron chi connectivity index (χ2n) is 3.27. The van der Waals surface area contributed by atoms with Gasteiger partial charge in [-0.3, -0.25) is 4.79 Å². The number of nitrogens with zero attached hydrogens (tertiary/aromatic N) is 2. The molecule has 1 rings (SSSR count). The first-order chi connectivity index (χ1) is 5.54. The highest BCUT2D eigenvalue weighted by Gasteiger charge is 2.14. The summed E-state index contributed by atoms with van der Waals surface area (Å²) in [5.74, 6) is 1.07. The van der Waals surface area contributed by atoms with Crippen LogP contribution >= 0.6 is 0 Å². The zero-order chi connectivity index (χ0) is 9.30. The molecule has 3 heteroatoms. The van der Waals surface area contributed by atoms with Crippen LogP contribution in [0, 0.1) is 12.8 Å². The van der Waals surface area contributed by atoms with Crippen LogP contribution in [0.2, 0.25) is 0 Å². The fraction of sp³-hybridized carbons (Fsp3) is 0.556. The quantitative estimate of drug-likeness (QED) is 0.625. The summed E-state index contributed by atoms with van der Waals surface area (Å²) in [4.78, 5) is 15.6. The maximum atomic E-state index is 11.5. The number of aryl methyl sites for hydroxylation is 1. The zero-order valence-electron chi connectivity index (χ0n) is 7.96. The smallest absolute Gasteiger partial charge is 0.183 e. The molecule has 0 bridgehead atoms. The van der Waals surface area contributed by atoms with E-state index in [1.807, 2.05) is 32.4 Å². The van der Waals surface area contributed by atoms with E-state index in [2.05, 4.69) is 4.98 Å². The first kappa shape index (κ1) is 8.97. The maximum absolute atomic E-state index is 11.5. The zero-order valence-corrected chi connectivity index (χ0v) is 7.96. The summed E-state index contributed by atoms with van der Waals surface area (Å²) in [6.07, 6.45) is 1.64. The van der Waals surface area contributed by atoms with E-state index in [1.54, 1.807) is 6.20 Å². The summed E-state index contributed by atoms with van der Waals surface area (Å²) in [7, 11) is 1.86. The highest BCUT2D eigenvalue weighted by atomic mass is 16.1. The molecule has 0 aliphatic rings. The molecule has 0 aromatic carbocycles. The number of carbonyl (C=O) groups excluding carboxylic acids is 1. The van der Waals surface area contributed by atoms with Crippen molar-refractivity contribution in [1.82, 2.24) is 9.55 Å². The number of rotatable bonds is 2. The predicted molar refractivity (Wildman–Crippen MR) is 47.1 cm³/mol. The highest BCUT2D eigenvalue weighted by molar-refractivity contribution is 5.95. The Morgan fingerprint density at radius 3 is 2.50 bits per heavy atom. The van der Waals surface area contributed by atoms with Gasteiger partial charge < -0.3 is 4.57 Å². The monoisotopic (exact) mass is 166 g/mol. The molecule has 1 aromatic heterocycles. The van der Waals surface area contributed by atoms with Crippen LogP contribution in [0.5, 0.6) is 0 Å². The molecule has 1 aromatic rings. The molecule has 0 amide bonds. The molecule has 0 atom stereocenters. The fourth-order valence-corrected chi connectivity index (χ4v) is 1.03. The lowest BCUT2D eigenvalue weighted by atomic mass is 10.1. The van der Waals surface area contributed by atoms with Gasteiger partial charge >= 0.3 is 0 Å². The van der Waals surface area contributed by atoms with Crippen molar-refractivity contribution in [3.63, 3.8) is 0 Å². The summed E-state index contributed by atoms with van der Waals surface area (Å²) in [6, 6.07) is 0. The number of aromatic nitrogens is 2. The molecule has 0 N–H and O–H groups in total. The van der Waals surface area contributed by atoms with Crippen LogP contribution in [0.1, 0.15) is 30.2 Å². The normalized spacial score (nSPS) is 10.8. The van der Waals surface area contributed by atoms with Gasteiger partial charge in [-0.1, -0.05) is 13.8 Å². The Balaban J connectivity index is 3.04. The van der Waals surface area contributed by atoms with Gasteiger partial charge in [-0.25, -0.2) is 4.98 Å². The van der Waals surface area contributed by atoms with Crippen LogP contribution in [0.4, 0.5) is 0 Å².